The van der Waals surface area contributed by atoms with Gasteiger partial charge in [0.05, 0.1) is 0 Å². The maximum atomic E-state index is 11.6. The van der Waals surface area contributed by atoms with Crippen molar-refractivity contribution in [3.05, 3.63) is 29.8 Å². The Bertz CT molecular complexity index is 410. The molecule has 0 aliphatic carbocycles. The topological polar surface area (TPSA) is 58.2 Å². The second-order valence-corrected chi connectivity index (χ2v) is 4.61. The van der Waals surface area contributed by atoms with Crippen LogP contribution in [-0.2, 0) is 9.59 Å². The van der Waals surface area contributed by atoms with Crippen LogP contribution in [0.5, 0.6) is 0 Å². The summed E-state index contributed by atoms with van der Waals surface area (Å²) in [4.78, 5) is 22.9. The number of hydrogen-bond acceptors (Lipinski definition) is 2. The summed E-state index contributed by atoms with van der Waals surface area (Å²) in [6, 6.07) is 7.60. The molecule has 1 rings (SSSR count). The summed E-state index contributed by atoms with van der Waals surface area (Å²) >= 11 is 0. The van der Waals surface area contributed by atoms with Gasteiger partial charge in [0.15, 0.2) is 0 Å². The standard InChI is InChI=1S/C14H20N2O2/c1-10(2)14(18)15-9-8-13(17)16-12-6-4-11(3)5-7-12/h4-7,10H,8-9H2,1-3H3,(H,15,18)(H,16,17). The van der Waals surface area contributed by atoms with Crippen molar-refractivity contribution in [1.82, 2.24) is 5.32 Å². The van der Waals surface area contributed by atoms with E-state index in [-0.39, 0.29) is 24.2 Å². The fourth-order valence-corrected chi connectivity index (χ4v) is 1.36. The molecule has 0 aromatic heterocycles. The van der Waals surface area contributed by atoms with Gasteiger partial charge in [0.2, 0.25) is 11.8 Å². The van der Waals surface area contributed by atoms with Gasteiger partial charge in [-0.1, -0.05) is 31.5 Å². The molecular weight excluding hydrogens is 228 g/mol. The van der Waals surface area contributed by atoms with E-state index in [9.17, 15) is 9.59 Å². The highest BCUT2D eigenvalue weighted by atomic mass is 16.2. The van der Waals surface area contributed by atoms with Gasteiger partial charge in [-0.3, -0.25) is 9.59 Å². The highest BCUT2D eigenvalue weighted by Gasteiger charge is 2.07. The zero-order chi connectivity index (χ0) is 13.5. The Kier molecular flexibility index (Phi) is 5.36. The molecule has 98 valence electrons. The molecule has 0 saturated carbocycles. The first-order valence-electron chi connectivity index (χ1n) is 6.13. The first-order valence-corrected chi connectivity index (χ1v) is 6.13. The predicted molar refractivity (Wildman–Crippen MR) is 72.3 cm³/mol. The predicted octanol–water partition coefficient (Wildman–Crippen LogP) is 2.10. The molecular formula is C14H20N2O2. The summed E-state index contributed by atoms with van der Waals surface area (Å²) in [6.45, 7) is 6.01. The number of anilines is 1. The smallest absolute Gasteiger partial charge is 0.226 e. The molecule has 0 unspecified atom stereocenters. The van der Waals surface area contributed by atoms with Crippen LogP contribution in [0.25, 0.3) is 0 Å². The normalized spacial score (nSPS) is 10.2. The third-order valence-corrected chi connectivity index (χ3v) is 2.51. The molecule has 4 heteroatoms. The van der Waals surface area contributed by atoms with E-state index in [2.05, 4.69) is 10.6 Å². The lowest BCUT2D eigenvalue weighted by Gasteiger charge is -2.08. The number of carbonyl (C=O) groups is 2. The van der Waals surface area contributed by atoms with Gasteiger partial charge in [-0.25, -0.2) is 0 Å². The fourth-order valence-electron chi connectivity index (χ4n) is 1.36. The molecule has 0 radical (unpaired) electrons. The minimum atomic E-state index is -0.0945. The van der Waals surface area contributed by atoms with Crippen molar-refractivity contribution in [2.45, 2.75) is 27.2 Å². The Morgan fingerprint density at radius 2 is 1.78 bits per heavy atom. The molecule has 0 fully saturated rings. The van der Waals surface area contributed by atoms with Crippen LogP contribution in [0.2, 0.25) is 0 Å². The van der Waals surface area contributed by atoms with E-state index >= 15 is 0 Å². The van der Waals surface area contributed by atoms with Crippen molar-refractivity contribution in [1.29, 1.82) is 0 Å². The van der Waals surface area contributed by atoms with Crippen LogP contribution in [0.4, 0.5) is 5.69 Å². The highest BCUT2D eigenvalue weighted by molar-refractivity contribution is 5.91. The van der Waals surface area contributed by atoms with E-state index in [1.807, 2.05) is 45.0 Å². The van der Waals surface area contributed by atoms with Gasteiger partial charge in [0.1, 0.15) is 0 Å². The maximum Gasteiger partial charge on any atom is 0.226 e. The van der Waals surface area contributed by atoms with Crippen LogP contribution < -0.4 is 10.6 Å². The molecule has 2 N–H and O–H groups in total. The molecule has 0 aliphatic rings. The molecule has 0 atom stereocenters. The van der Waals surface area contributed by atoms with Crippen molar-refractivity contribution in [2.75, 3.05) is 11.9 Å². The summed E-state index contributed by atoms with van der Waals surface area (Å²) in [5, 5.41) is 5.49. The van der Waals surface area contributed by atoms with Crippen molar-refractivity contribution in [3.63, 3.8) is 0 Å². The summed E-state index contributed by atoms with van der Waals surface area (Å²) in [6.07, 6.45) is 0.284. The van der Waals surface area contributed by atoms with Crippen LogP contribution in [-0.4, -0.2) is 18.4 Å². The number of rotatable bonds is 5. The SMILES string of the molecule is Cc1ccc(NC(=O)CCNC(=O)C(C)C)cc1. The Labute approximate surface area is 108 Å². The molecule has 0 aliphatic heterocycles. The van der Waals surface area contributed by atoms with E-state index in [0.717, 1.165) is 11.3 Å². The third kappa shape index (κ3) is 4.99. The van der Waals surface area contributed by atoms with Gasteiger partial charge < -0.3 is 10.6 Å². The molecule has 1 aromatic rings. The molecule has 0 heterocycles. The van der Waals surface area contributed by atoms with Crippen LogP contribution in [0.1, 0.15) is 25.8 Å². The minimum absolute atomic E-state index is 0.0295. The van der Waals surface area contributed by atoms with E-state index < -0.39 is 0 Å². The molecule has 0 bridgehead atoms. The van der Waals surface area contributed by atoms with Gasteiger partial charge in [0, 0.05) is 24.6 Å². The number of nitrogens with one attached hydrogen (secondary N) is 2. The first-order chi connectivity index (χ1) is 8.49. The minimum Gasteiger partial charge on any atom is -0.355 e. The highest BCUT2D eigenvalue weighted by Crippen LogP contribution is 2.08. The Morgan fingerprint density at radius 3 is 2.33 bits per heavy atom. The lowest BCUT2D eigenvalue weighted by Crippen LogP contribution is -2.30. The average molecular weight is 248 g/mol. The van der Waals surface area contributed by atoms with Gasteiger partial charge in [-0.2, -0.15) is 0 Å². The molecule has 0 saturated heterocycles. The quantitative estimate of drug-likeness (QED) is 0.838. The van der Waals surface area contributed by atoms with Crippen molar-refractivity contribution < 1.29 is 9.59 Å². The fraction of sp³-hybridized carbons (Fsp3) is 0.429. The molecule has 4 nitrogen and oxygen atoms in total. The van der Waals surface area contributed by atoms with E-state index in [0.29, 0.717) is 6.54 Å². The zero-order valence-electron chi connectivity index (χ0n) is 11.1. The van der Waals surface area contributed by atoms with Crippen LogP contribution in [0, 0.1) is 12.8 Å². The number of benzene rings is 1. The third-order valence-electron chi connectivity index (χ3n) is 2.51. The lowest BCUT2D eigenvalue weighted by atomic mass is 10.2. The average Bonchev–Trinajstić information content (AvgIpc) is 2.32. The Balaban J connectivity index is 2.30. The van der Waals surface area contributed by atoms with Crippen LogP contribution in [0.3, 0.4) is 0 Å². The molecule has 2 amide bonds. The molecule has 18 heavy (non-hydrogen) atoms. The second kappa shape index (κ2) is 6.79. The monoisotopic (exact) mass is 248 g/mol. The summed E-state index contributed by atoms with van der Waals surface area (Å²) < 4.78 is 0. The molecule has 0 spiro atoms. The maximum absolute atomic E-state index is 11.6. The van der Waals surface area contributed by atoms with E-state index in [4.69, 9.17) is 0 Å². The molecule has 1 aromatic carbocycles. The van der Waals surface area contributed by atoms with Crippen molar-refractivity contribution in [2.24, 2.45) is 5.92 Å². The van der Waals surface area contributed by atoms with Crippen molar-refractivity contribution in [3.8, 4) is 0 Å². The lowest BCUT2D eigenvalue weighted by molar-refractivity contribution is -0.124. The number of hydrogen-bond donors (Lipinski definition) is 2. The Morgan fingerprint density at radius 1 is 1.17 bits per heavy atom. The van der Waals surface area contributed by atoms with Gasteiger partial charge in [0.25, 0.3) is 0 Å². The summed E-state index contributed by atoms with van der Waals surface area (Å²) in [5.41, 5.74) is 1.93. The first kappa shape index (κ1) is 14.2. The summed E-state index contributed by atoms with van der Waals surface area (Å²) in [7, 11) is 0. The zero-order valence-corrected chi connectivity index (χ0v) is 11.1. The van der Waals surface area contributed by atoms with Crippen LogP contribution in [0.15, 0.2) is 24.3 Å². The van der Waals surface area contributed by atoms with Crippen molar-refractivity contribution >= 4 is 17.5 Å². The Hall–Kier alpha value is -1.84. The number of aryl methyl sites for hydroxylation is 1. The second-order valence-electron chi connectivity index (χ2n) is 4.61. The van der Waals surface area contributed by atoms with Gasteiger partial charge >= 0.3 is 0 Å². The number of amides is 2. The summed E-state index contributed by atoms with van der Waals surface area (Å²) in [5.74, 6) is -0.175. The van der Waals surface area contributed by atoms with E-state index in [1.165, 1.54) is 0 Å². The number of carbonyl (C=O) groups excluding carboxylic acids is 2. The largest absolute Gasteiger partial charge is 0.355 e. The van der Waals surface area contributed by atoms with Gasteiger partial charge in [-0.15, -0.1) is 0 Å². The van der Waals surface area contributed by atoms with E-state index in [1.54, 1.807) is 0 Å². The van der Waals surface area contributed by atoms with Gasteiger partial charge in [-0.05, 0) is 19.1 Å². The van der Waals surface area contributed by atoms with Crippen LogP contribution >= 0.6 is 0 Å².